The van der Waals surface area contributed by atoms with Crippen LogP contribution < -0.4 is 9.64 Å². The molecule has 2 aromatic carbocycles. The van der Waals surface area contributed by atoms with Gasteiger partial charge in [-0.25, -0.2) is 0 Å². The van der Waals surface area contributed by atoms with Crippen LogP contribution in [0.4, 0.5) is 5.69 Å². The van der Waals surface area contributed by atoms with Crippen LogP contribution in [-0.2, 0) is 4.79 Å². The van der Waals surface area contributed by atoms with Gasteiger partial charge < -0.3 is 9.64 Å². The number of methoxy groups -OCH3 is 1. The highest BCUT2D eigenvalue weighted by atomic mass is 32.2. The van der Waals surface area contributed by atoms with Crippen LogP contribution in [0.1, 0.15) is 35.1 Å². The van der Waals surface area contributed by atoms with Gasteiger partial charge in [-0.3, -0.25) is 14.5 Å². The quantitative estimate of drug-likeness (QED) is 0.757. The summed E-state index contributed by atoms with van der Waals surface area (Å²) in [4.78, 5) is 28.6. The molecule has 142 valence electrons. The lowest BCUT2D eigenvalue weighted by Gasteiger charge is -2.26. The van der Waals surface area contributed by atoms with E-state index in [0.717, 1.165) is 11.3 Å². The van der Waals surface area contributed by atoms with Gasteiger partial charge in [-0.15, -0.1) is 11.8 Å². The van der Waals surface area contributed by atoms with Crippen LogP contribution in [0.25, 0.3) is 0 Å². The second-order valence-corrected chi connectivity index (χ2v) is 7.27. The summed E-state index contributed by atoms with van der Waals surface area (Å²) in [6, 6.07) is 15.1. The Kier molecular flexibility index (Phi) is 6.06. The summed E-state index contributed by atoms with van der Waals surface area (Å²) >= 11 is 1.58. The minimum absolute atomic E-state index is 0.0308. The van der Waals surface area contributed by atoms with Crippen LogP contribution in [-0.4, -0.2) is 42.7 Å². The molecule has 0 aromatic heterocycles. The molecule has 1 fully saturated rings. The number of ether oxygens (including phenoxy) is 1. The number of benzene rings is 2. The van der Waals surface area contributed by atoms with E-state index in [1.807, 2.05) is 62.4 Å². The van der Waals surface area contributed by atoms with Crippen molar-refractivity contribution in [2.75, 3.05) is 30.9 Å². The second-order valence-electron chi connectivity index (χ2n) is 6.20. The Bertz CT molecular complexity index is 818. The Morgan fingerprint density at radius 1 is 1.15 bits per heavy atom. The SMILES string of the molecule is CCN(CC)C(=O)c1ccc(C2SCC(=O)N2c2ccccc2OC)cc1. The minimum Gasteiger partial charge on any atom is -0.495 e. The Morgan fingerprint density at radius 3 is 2.44 bits per heavy atom. The topological polar surface area (TPSA) is 49.9 Å². The van der Waals surface area contributed by atoms with E-state index in [-0.39, 0.29) is 17.2 Å². The highest BCUT2D eigenvalue weighted by Crippen LogP contribution is 2.44. The van der Waals surface area contributed by atoms with Crippen molar-refractivity contribution in [2.24, 2.45) is 0 Å². The largest absolute Gasteiger partial charge is 0.495 e. The number of thioether (sulfide) groups is 1. The third-order valence-corrected chi connectivity index (χ3v) is 5.92. The van der Waals surface area contributed by atoms with E-state index in [1.165, 1.54) is 0 Å². The summed E-state index contributed by atoms with van der Waals surface area (Å²) < 4.78 is 5.44. The summed E-state index contributed by atoms with van der Waals surface area (Å²) in [5.41, 5.74) is 2.43. The van der Waals surface area contributed by atoms with Gasteiger partial charge in [-0.2, -0.15) is 0 Å². The first kappa shape index (κ1) is 19.3. The van der Waals surface area contributed by atoms with Gasteiger partial charge in [0.25, 0.3) is 5.91 Å². The lowest BCUT2D eigenvalue weighted by Crippen LogP contribution is -2.30. The Hall–Kier alpha value is -2.47. The van der Waals surface area contributed by atoms with E-state index < -0.39 is 0 Å². The van der Waals surface area contributed by atoms with Crippen LogP contribution in [0, 0.1) is 0 Å². The molecule has 0 N–H and O–H groups in total. The summed E-state index contributed by atoms with van der Waals surface area (Å²) in [7, 11) is 1.61. The van der Waals surface area contributed by atoms with E-state index in [0.29, 0.717) is 30.2 Å². The molecule has 0 spiro atoms. The van der Waals surface area contributed by atoms with Gasteiger partial charge in [-0.1, -0.05) is 24.3 Å². The number of carbonyl (C=O) groups is 2. The summed E-state index contributed by atoms with van der Waals surface area (Å²) in [6.45, 7) is 5.32. The zero-order valence-electron chi connectivity index (χ0n) is 15.8. The second kappa shape index (κ2) is 8.48. The molecule has 1 aliphatic heterocycles. The van der Waals surface area contributed by atoms with Crippen LogP contribution in [0.5, 0.6) is 5.75 Å². The molecule has 3 rings (SSSR count). The number of amides is 2. The van der Waals surface area contributed by atoms with Gasteiger partial charge in [0.2, 0.25) is 5.91 Å². The van der Waals surface area contributed by atoms with Gasteiger partial charge in [0.05, 0.1) is 18.6 Å². The minimum atomic E-state index is -0.133. The molecule has 1 unspecified atom stereocenters. The predicted octanol–water partition coefficient (Wildman–Crippen LogP) is 3.96. The Labute approximate surface area is 164 Å². The van der Waals surface area contributed by atoms with E-state index in [2.05, 4.69) is 0 Å². The molecule has 0 bridgehead atoms. The van der Waals surface area contributed by atoms with Gasteiger partial charge in [-0.05, 0) is 43.7 Å². The van der Waals surface area contributed by atoms with Crippen LogP contribution in [0.3, 0.4) is 0 Å². The first-order valence-electron chi connectivity index (χ1n) is 9.06. The van der Waals surface area contributed by atoms with Gasteiger partial charge in [0.1, 0.15) is 11.1 Å². The van der Waals surface area contributed by atoms with Crippen molar-refractivity contribution in [2.45, 2.75) is 19.2 Å². The van der Waals surface area contributed by atoms with E-state index in [4.69, 9.17) is 4.74 Å². The average molecular weight is 385 g/mol. The predicted molar refractivity (Wildman–Crippen MR) is 109 cm³/mol. The molecular formula is C21H24N2O3S. The lowest BCUT2D eigenvalue weighted by molar-refractivity contribution is -0.115. The lowest BCUT2D eigenvalue weighted by atomic mass is 10.1. The van der Waals surface area contributed by atoms with Crippen LogP contribution in [0.2, 0.25) is 0 Å². The van der Waals surface area contributed by atoms with Gasteiger partial charge in [0, 0.05) is 18.7 Å². The summed E-state index contributed by atoms with van der Waals surface area (Å²) in [5.74, 6) is 1.18. The molecule has 0 saturated carbocycles. The number of anilines is 1. The van der Waals surface area contributed by atoms with Crippen LogP contribution >= 0.6 is 11.8 Å². The third-order valence-electron chi connectivity index (χ3n) is 4.71. The average Bonchev–Trinajstić information content (AvgIpc) is 3.10. The zero-order valence-corrected chi connectivity index (χ0v) is 16.7. The van der Waals surface area contributed by atoms with Crippen molar-refractivity contribution < 1.29 is 14.3 Å². The number of hydrogen-bond acceptors (Lipinski definition) is 4. The summed E-state index contributed by atoms with van der Waals surface area (Å²) in [5, 5.41) is -0.133. The molecule has 1 saturated heterocycles. The van der Waals surface area contributed by atoms with Crippen molar-refractivity contribution in [3.05, 3.63) is 59.7 Å². The highest BCUT2D eigenvalue weighted by molar-refractivity contribution is 8.00. The molecular weight excluding hydrogens is 360 g/mol. The Balaban J connectivity index is 1.89. The number of rotatable bonds is 6. The molecule has 27 heavy (non-hydrogen) atoms. The number of nitrogens with zero attached hydrogens (tertiary/aromatic N) is 2. The van der Waals surface area contributed by atoms with Crippen molar-refractivity contribution in [3.63, 3.8) is 0 Å². The molecule has 0 radical (unpaired) electrons. The normalized spacial score (nSPS) is 16.5. The fraction of sp³-hybridized carbons (Fsp3) is 0.333. The monoisotopic (exact) mass is 384 g/mol. The molecule has 2 aromatic rings. The van der Waals surface area contributed by atoms with E-state index in [1.54, 1.807) is 28.7 Å². The maximum Gasteiger partial charge on any atom is 0.253 e. The molecule has 1 atom stereocenters. The number of para-hydroxylation sites is 2. The smallest absolute Gasteiger partial charge is 0.253 e. The molecule has 2 amide bonds. The maximum atomic E-state index is 12.6. The molecule has 1 heterocycles. The van der Waals surface area contributed by atoms with Gasteiger partial charge in [0.15, 0.2) is 0 Å². The zero-order chi connectivity index (χ0) is 19.4. The fourth-order valence-corrected chi connectivity index (χ4v) is 4.41. The first-order valence-corrected chi connectivity index (χ1v) is 10.1. The van der Waals surface area contributed by atoms with Crippen LogP contribution in [0.15, 0.2) is 48.5 Å². The molecule has 0 aliphatic carbocycles. The maximum absolute atomic E-state index is 12.6. The van der Waals surface area contributed by atoms with E-state index >= 15 is 0 Å². The van der Waals surface area contributed by atoms with Crippen molar-refractivity contribution in [1.29, 1.82) is 0 Å². The van der Waals surface area contributed by atoms with Crippen molar-refractivity contribution in [1.82, 2.24) is 4.90 Å². The van der Waals surface area contributed by atoms with Crippen molar-refractivity contribution >= 4 is 29.3 Å². The Morgan fingerprint density at radius 2 is 1.81 bits per heavy atom. The van der Waals surface area contributed by atoms with E-state index in [9.17, 15) is 9.59 Å². The van der Waals surface area contributed by atoms with Gasteiger partial charge >= 0.3 is 0 Å². The molecule has 5 nitrogen and oxygen atoms in total. The standard InChI is InChI=1S/C21H24N2O3S/c1-4-22(5-2)20(25)15-10-12-16(13-11-15)21-23(19(24)14-27-21)17-8-6-7-9-18(17)26-3/h6-13,21H,4-5,14H2,1-3H3. The number of carbonyl (C=O) groups excluding carboxylic acids is 2. The highest BCUT2D eigenvalue weighted by Gasteiger charge is 2.35. The molecule has 6 heteroatoms. The number of hydrogen-bond donors (Lipinski definition) is 0. The summed E-state index contributed by atoms with van der Waals surface area (Å²) in [6.07, 6.45) is 0. The fourth-order valence-electron chi connectivity index (χ4n) is 3.24. The third kappa shape index (κ3) is 3.81. The molecule has 1 aliphatic rings. The first-order chi connectivity index (χ1) is 13.1. The van der Waals surface area contributed by atoms with Crippen molar-refractivity contribution in [3.8, 4) is 5.75 Å².